The third-order valence-electron chi connectivity index (χ3n) is 8.64. The van der Waals surface area contributed by atoms with E-state index in [9.17, 15) is 4.79 Å². The van der Waals surface area contributed by atoms with Gasteiger partial charge in [-0.2, -0.15) is 0 Å². The van der Waals surface area contributed by atoms with Crippen molar-refractivity contribution in [3.05, 3.63) is 0 Å². The highest BCUT2D eigenvalue weighted by Gasteiger charge is 2.41. The number of alkyl halides is 1. The Balaban J connectivity index is 1.67. The second-order valence-electron chi connectivity index (χ2n) is 11.6. The summed E-state index contributed by atoms with van der Waals surface area (Å²) in [4.78, 5) is 18.8. The van der Waals surface area contributed by atoms with Crippen LogP contribution < -0.4 is 27.4 Å². The summed E-state index contributed by atoms with van der Waals surface area (Å²) >= 11 is 6.60. The van der Waals surface area contributed by atoms with Crippen LogP contribution in [0.4, 0.5) is 0 Å². The van der Waals surface area contributed by atoms with E-state index in [1.807, 2.05) is 0 Å². The van der Waals surface area contributed by atoms with E-state index < -0.39 is 12.1 Å². The van der Waals surface area contributed by atoms with Gasteiger partial charge in [0.05, 0.1) is 24.7 Å². The van der Waals surface area contributed by atoms with Gasteiger partial charge in [0.15, 0.2) is 0 Å². The molecule has 5 unspecified atom stereocenters. The molecule has 0 spiro atoms. The zero-order chi connectivity index (χ0) is 26.1. The number of nitrogens with one attached hydrogen (secondary N) is 3. The van der Waals surface area contributed by atoms with Crippen molar-refractivity contribution >= 4 is 17.5 Å². The molecule has 0 bridgehead atoms. The van der Waals surface area contributed by atoms with Gasteiger partial charge in [-0.15, -0.1) is 11.6 Å². The van der Waals surface area contributed by atoms with E-state index >= 15 is 0 Å². The molecule has 3 aliphatic heterocycles. The number of nitrogens with two attached hydrogens (primary N) is 2. The lowest BCUT2D eigenvalue weighted by molar-refractivity contribution is -0.128. The van der Waals surface area contributed by atoms with E-state index in [2.05, 4.69) is 39.6 Å². The maximum Gasteiger partial charge on any atom is 0.227 e. The molecule has 0 aromatic rings. The van der Waals surface area contributed by atoms with Crippen LogP contribution in [0.3, 0.4) is 0 Å². The first-order chi connectivity index (χ1) is 17.3. The Hall–Kier alpha value is -0.520. The summed E-state index contributed by atoms with van der Waals surface area (Å²) in [5, 5.41) is 10.5. The minimum absolute atomic E-state index is 0.0365. The van der Waals surface area contributed by atoms with Gasteiger partial charge in [0.25, 0.3) is 0 Å². The molecule has 1 amide bonds. The van der Waals surface area contributed by atoms with Crippen LogP contribution in [0.25, 0.3) is 0 Å². The van der Waals surface area contributed by atoms with Crippen LogP contribution in [0.5, 0.6) is 0 Å². The van der Waals surface area contributed by atoms with Crippen LogP contribution in [-0.2, 0) is 9.53 Å². The summed E-state index contributed by atoms with van der Waals surface area (Å²) in [6, 6.07) is 0.258. The summed E-state index contributed by atoms with van der Waals surface area (Å²) in [6.07, 6.45) is 5.42. The Morgan fingerprint density at radius 1 is 1.22 bits per heavy atom. The molecule has 3 saturated heterocycles. The summed E-state index contributed by atoms with van der Waals surface area (Å²) in [7, 11) is 1.75. The first-order valence-corrected chi connectivity index (χ1v) is 14.5. The molecular formula is C26H52ClN7O2. The Labute approximate surface area is 223 Å². The average molecular weight is 530 g/mol. The van der Waals surface area contributed by atoms with Crippen LogP contribution in [0.2, 0.25) is 0 Å². The quantitative estimate of drug-likeness (QED) is 0.205. The Morgan fingerprint density at radius 3 is 2.64 bits per heavy atom. The molecule has 3 fully saturated rings. The molecule has 0 radical (unpaired) electrons. The third-order valence-corrected chi connectivity index (χ3v) is 9.01. The van der Waals surface area contributed by atoms with Crippen LogP contribution in [0.1, 0.15) is 52.4 Å². The lowest BCUT2D eigenvalue weighted by Crippen LogP contribution is -2.65. The predicted octanol–water partition coefficient (Wildman–Crippen LogP) is 0.513. The number of hydrogen-bond donors (Lipinski definition) is 5. The lowest BCUT2D eigenvalue weighted by Gasteiger charge is -2.45. The highest BCUT2D eigenvalue weighted by molar-refractivity contribution is 6.20. The van der Waals surface area contributed by atoms with Crippen molar-refractivity contribution in [2.45, 2.75) is 82.0 Å². The smallest absolute Gasteiger partial charge is 0.227 e. The van der Waals surface area contributed by atoms with Gasteiger partial charge in [-0.1, -0.05) is 20.3 Å². The fourth-order valence-corrected chi connectivity index (χ4v) is 6.75. The first-order valence-electron chi connectivity index (χ1n) is 14.1. The number of amides is 1. The van der Waals surface area contributed by atoms with Gasteiger partial charge in [0.2, 0.25) is 5.91 Å². The van der Waals surface area contributed by atoms with Gasteiger partial charge >= 0.3 is 0 Å². The maximum absolute atomic E-state index is 13.8. The molecule has 3 aliphatic rings. The van der Waals surface area contributed by atoms with Crippen LogP contribution in [0.15, 0.2) is 0 Å². The normalized spacial score (nSPS) is 34.2. The van der Waals surface area contributed by atoms with Crippen molar-refractivity contribution in [1.82, 2.24) is 25.8 Å². The number of methoxy groups -OCH3 is 1. The molecule has 0 saturated carbocycles. The van der Waals surface area contributed by atoms with Gasteiger partial charge in [-0.05, 0) is 44.1 Å². The molecule has 0 aromatic carbocycles. The van der Waals surface area contributed by atoms with Crippen molar-refractivity contribution < 1.29 is 9.53 Å². The van der Waals surface area contributed by atoms with E-state index in [1.165, 1.54) is 0 Å². The summed E-state index contributed by atoms with van der Waals surface area (Å²) in [5.41, 5.74) is 12.7. The van der Waals surface area contributed by atoms with Crippen LogP contribution >= 0.6 is 11.6 Å². The number of carbonyl (C=O) groups is 1. The number of halogens is 1. The molecular weight excluding hydrogens is 478 g/mol. The standard InChI is InChI=1S/C26H52ClN7O2/c1-4-7-26(2)8-5-19(27)17-31-20(16-26)23(24(28)29)25(35)32-21-18-30-9-6-22(21)34-12-10-33(11-13-34)14-15-36-3/h19-24,30-31H,4-18,28-29H2,1-3H3,(H,32,35)/t19?,20?,21?,22?,23?,26-/m1/s1. The summed E-state index contributed by atoms with van der Waals surface area (Å²) in [5.74, 6) is -0.540. The fourth-order valence-electron chi connectivity index (χ4n) is 6.55. The van der Waals surface area contributed by atoms with Gasteiger partial charge in [0, 0.05) is 70.4 Å². The Morgan fingerprint density at radius 2 is 1.97 bits per heavy atom. The molecule has 3 heterocycles. The van der Waals surface area contributed by atoms with Crippen LogP contribution in [-0.4, -0.2) is 111 Å². The molecule has 210 valence electrons. The lowest BCUT2D eigenvalue weighted by atomic mass is 9.72. The number of carbonyl (C=O) groups excluding carboxylic acids is 1. The predicted molar refractivity (Wildman–Crippen MR) is 147 cm³/mol. The first kappa shape index (κ1) is 30.0. The Bertz CT molecular complexity index is 664. The Kier molecular flexibility index (Phi) is 12.2. The van der Waals surface area contributed by atoms with E-state index in [1.54, 1.807) is 7.11 Å². The van der Waals surface area contributed by atoms with E-state index in [0.717, 1.165) is 90.9 Å². The highest BCUT2D eigenvalue weighted by Crippen LogP contribution is 2.38. The fraction of sp³-hybridized carbons (Fsp3) is 0.962. The number of hydrogen-bond acceptors (Lipinski definition) is 8. The number of nitrogens with zero attached hydrogens (tertiary/aromatic N) is 2. The van der Waals surface area contributed by atoms with Crippen molar-refractivity contribution in [3.63, 3.8) is 0 Å². The van der Waals surface area contributed by atoms with Gasteiger partial charge < -0.3 is 32.2 Å². The second-order valence-corrected chi connectivity index (χ2v) is 12.2. The average Bonchev–Trinajstić information content (AvgIpc) is 2.85. The molecule has 36 heavy (non-hydrogen) atoms. The topological polar surface area (TPSA) is 121 Å². The third kappa shape index (κ3) is 8.50. The molecule has 0 aliphatic carbocycles. The second kappa shape index (κ2) is 14.6. The SMILES string of the molecule is CCC[C@]1(C)CCC(Cl)CNC(C(C(=O)NC2CNCCC2N2CCN(CCOC)CC2)C(N)N)C1. The zero-order valence-corrected chi connectivity index (χ0v) is 23.6. The molecule has 3 rings (SSSR count). The van der Waals surface area contributed by atoms with E-state index in [4.69, 9.17) is 27.8 Å². The molecule has 10 heteroatoms. The largest absolute Gasteiger partial charge is 0.383 e. The number of piperazine rings is 1. The van der Waals surface area contributed by atoms with Gasteiger partial charge in [0.1, 0.15) is 0 Å². The number of piperidine rings is 1. The molecule has 9 nitrogen and oxygen atoms in total. The number of ether oxygens (including phenoxy) is 1. The monoisotopic (exact) mass is 529 g/mol. The highest BCUT2D eigenvalue weighted by atomic mass is 35.5. The molecule has 7 N–H and O–H groups in total. The van der Waals surface area contributed by atoms with Crippen LogP contribution in [0, 0.1) is 11.3 Å². The van der Waals surface area contributed by atoms with Crippen molar-refractivity contribution in [2.75, 3.05) is 66.1 Å². The number of rotatable bonds is 10. The van der Waals surface area contributed by atoms with E-state index in [0.29, 0.717) is 12.6 Å². The van der Waals surface area contributed by atoms with E-state index in [-0.39, 0.29) is 28.8 Å². The van der Waals surface area contributed by atoms with Gasteiger partial charge in [-0.3, -0.25) is 14.6 Å². The molecule has 6 atom stereocenters. The van der Waals surface area contributed by atoms with Crippen molar-refractivity contribution in [3.8, 4) is 0 Å². The summed E-state index contributed by atoms with van der Waals surface area (Å²) in [6.45, 7) is 12.8. The minimum atomic E-state index is -0.735. The van der Waals surface area contributed by atoms with Gasteiger partial charge in [-0.25, -0.2) is 0 Å². The van der Waals surface area contributed by atoms with Crippen molar-refractivity contribution in [1.29, 1.82) is 0 Å². The van der Waals surface area contributed by atoms with Crippen molar-refractivity contribution in [2.24, 2.45) is 22.8 Å². The zero-order valence-electron chi connectivity index (χ0n) is 22.8. The maximum atomic E-state index is 13.8. The minimum Gasteiger partial charge on any atom is -0.383 e. The summed E-state index contributed by atoms with van der Waals surface area (Å²) < 4.78 is 5.24. The molecule has 0 aromatic heterocycles.